The van der Waals surface area contributed by atoms with E-state index >= 15 is 0 Å². The lowest BCUT2D eigenvalue weighted by Crippen LogP contribution is -2.46. The van der Waals surface area contributed by atoms with Crippen molar-refractivity contribution in [2.45, 2.75) is 26.4 Å². The van der Waals surface area contributed by atoms with Gasteiger partial charge in [0.15, 0.2) is 12.5 Å². The Hall–Kier alpha value is -0.160. The molecular weight excluding hydrogens is 146 g/mol. The molecule has 0 aromatic carbocycles. The summed E-state index contributed by atoms with van der Waals surface area (Å²) in [5, 5.41) is 8.85. The normalized spacial score (nSPS) is 16.9. The second-order valence-electron chi connectivity index (χ2n) is 3.45. The van der Waals surface area contributed by atoms with E-state index in [0.717, 1.165) is 0 Å². The molecule has 0 amide bonds. The fraction of sp³-hybridized carbons (Fsp3) is 1.00. The van der Waals surface area contributed by atoms with Crippen LogP contribution in [0.25, 0.3) is 0 Å². The van der Waals surface area contributed by atoms with E-state index in [0.29, 0.717) is 4.48 Å². The number of quaternary nitrogens is 1. The van der Waals surface area contributed by atoms with E-state index in [1.807, 2.05) is 28.1 Å². The molecular formula is C7H19NO3. The number of aliphatic hydroxyl groups excluding tert-OH is 1. The number of ether oxygens (including phenoxy) is 1. The van der Waals surface area contributed by atoms with E-state index in [1.54, 1.807) is 6.92 Å². The van der Waals surface area contributed by atoms with Crippen LogP contribution in [0.4, 0.5) is 0 Å². The third kappa shape index (κ3) is 6.25. The minimum atomic E-state index is -0.674. The summed E-state index contributed by atoms with van der Waals surface area (Å²) in [7, 11) is 6.06. The van der Waals surface area contributed by atoms with Crippen molar-refractivity contribution in [3.05, 3.63) is 0 Å². The third-order valence-corrected chi connectivity index (χ3v) is 1.48. The second kappa shape index (κ2) is 4.66. The summed E-state index contributed by atoms with van der Waals surface area (Å²) in [6, 6.07) is 0. The summed E-state index contributed by atoms with van der Waals surface area (Å²) in [6.45, 7) is 3.55. The van der Waals surface area contributed by atoms with Gasteiger partial charge in [-0.05, 0) is 6.92 Å². The van der Waals surface area contributed by atoms with Gasteiger partial charge < -0.3 is 19.8 Å². The smallest absolute Gasteiger partial charge is 0.192 e. The SMILES string of the molecule is CC(O)OC(C)[N+](C)(C)C.[OH-]. The standard InChI is InChI=1S/C7H18NO2.H2O/c1-6(8(3,4)5)10-7(2)9;/h6-7,9H,1-5H3;1H2/q+1;/p-1. The van der Waals surface area contributed by atoms with Crippen molar-refractivity contribution >= 4 is 0 Å². The summed E-state index contributed by atoms with van der Waals surface area (Å²) < 4.78 is 5.84. The molecule has 2 unspecified atom stereocenters. The quantitative estimate of drug-likeness (QED) is 0.480. The van der Waals surface area contributed by atoms with Crippen LogP contribution in [0.2, 0.25) is 0 Å². The molecule has 0 heterocycles. The Morgan fingerprint density at radius 3 is 1.64 bits per heavy atom. The van der Waals surface area contributed by atoms with Crippen molar-refractivity contribution < 1.29 is 19.8 Å². The number of rotatable bonds is 3. The topological polar surface area (TPSA) is 59.5 Å². The average molecular weight is 165 g/mol. The highest BCUT2D eigenvalue weighted by Crippen LogP contribution is 2.04. The molecule has 11 heavy (non-hydrogen) atoms. The molecule has 0 saturated carbocycles. The van der Waals surface area contributed by atoms with Gasteiger partial charge in [-0.2, -0.15) is 0 Å². The molecule has 0 fully saturated rings. The molecule has 0 aliphatic heterocycles. The highest BCUT2D eigenvalue weighted by molar-refractivity contribution is 4.31. The zero-order chi connectivity index (χ0) is 8.36. The van der Waals surface area contributed by atoms with Gasteiger partial charge in [0, 0.05) is 6.92 Å². The number of hydrogen-bond acceptors (Lipinski definition) is 3. The zero-order valence-electron chi connectivity index (χ0n) is 7.90. The number of hydrogen-bond donors (Lipinski definition) is 1. The van der Waals surface area contributed by atoms with Crippen molar-refractivity contribution in [2.75, 3.05) is 21.1 Å². The maximum Gasteiger partial charge on any atom is 0.192 e. The molecule has 4 heteroatoms. The van der Waals surface area contributed by atoms with Crippen LogP contribution in [0.5, 0.6) is 0 Å². The van der Waals surface area contributed by atoms with E-state index in [-0.39, 0.29) is 11.7 Å². The van der Waals surface area contributed by atoms with Gasteiger partial charge in [0.1, 0.15) is 0 Å². The van der Waals surface area contributed by atoms with Gasteiger partial charge in [-0.1, -0.05) is 0 Å². The van der Waals surface area contributed by atoms with E-state index < -0.39 is 6.29 Å². The van der Waals surface area contributed by atoms with Crippen molar-refractivity contribution in [1.82, 2.24) is 0 Å². The summed E-state index contributed by atoms with van der Waals surface area (Å²) in [5.41, 5.74) is 0. The third-order valence-electron chi connectivity index (χ3n) is 1.48. The lowest BCUT2D eigenvalue weighted by Gasteiger charge is -2.31. The average Bonchev–Trinajstić information content (AvgIpc) is 1.60. The molecule has 4 nitrogen and oxygen atoms in total. The van der Waals surface area contributed by atoms with Crippen LogP contribution in [0, 0.1) is 0 Å². The van der Waals surface area contributed by atoms with Gasteiger partial charge in [0.05, 0.1) is 21.1 Å². The summed E-state index contributed by atoms with van der Waals surface area (Å²) in [5.74, 6) is 0. The molecule has 2 N–H and O–H groups in total. The first kappa shape index (κ1) is 13.4. The van der Waals surface area contributed by atoms with Gasteiger partial charge in [-0.25, -0.2) is 0 Å². The lowest BCUT2D eigenvalue weighted by molar-refractivity contribution is -0.919. The molecule has 70 valence electrons. The summed E-state index contributed by atoms with van der Waals surface area (Å²) in [4.78, 5) is 0. The fourth-order valence-electron chi connectivity index (χ4n) is 0.468. The van der Waals surface area contributed by atoms with Crippen LogP contribution in [0.1, 0.15) is 13.8 Å². The molecule has 0 spiro atoms. The maximum atomic E-state index is 8.85. The Morgan fingerprint density at radius 2 is 1.55 bits per heavy atom. The number of nitrogens with zero attached hydrogens (tertiary/aromatic N) is 1. The maximum absolute atomic E-state index is 8.85. The highest BCUT2D eigenvalue weighted by Gasteiger charge is 2.19. The molecule has 0 aromatic heterocycles. The lowest BCUT2D eigenvalue weighted by atomic mass is 10.5. The van der Waals surface area contributed by atoms with Gasteiger partial charge in [0.25, 0.3) is 0 Å². The Bertz CT molecular complexity index is 98.3. The molecule has 0 rings (SSSR count). The molecule has 0 aliphatic rings. The van der Waals surface area contributed by atoms with Crippen LogP contribution >= 0.6 is 0 Å². The molecule has 0 aromatic rings. The second-order valence-corrected chi connectivity index (χ2v) is 3.45. The van der Waals surface area contributed by atoms with Crippen LogP contribution in [-0.4, -0.2) is 48.7 Å². The monoisotopic (exact) mass is 165 g/mol. The molecule has 0 aliphatic carbocycles. The zero-order valence-corrected chi connectivity index (χ0v) is 7.90. The first-order valence-corrected chi connectivity index (χ1v) is 3.48. The first-order chi connectivity index (χ1) is 4.34. The Morgan fingerprint density at radius 1 is 1.18 bits per heavy atom. The molecule has 0 radical (unpaired) electrons. The van der Waals surface area contributed by atoms with Crippen molar-refractivity contribution in [2.24, 2.45) is 0 Å². The van der Waals surface area contributed by atoms with Gasteiger partial charge >= 0.3 is 0 Å². The van der Waals surface area contributed by atoms with E-state index in [9.17, 15) is 0 Å². The van der Waals surface area contributed by atoms with Crippen LogP contribution in [0.3, 0.4) is 0 Å². The minimum absolute atomic E-state index is 0. The van der Waals surface area contributed by atoms with E-state index in [1.165, 1.54) is 0 Å². The molecule has 0 bridgehead atoms. The molecule has 2 atom stereocenters. The van der Waals surface area contributed by atoms with Crippen molar-refractivity contribution in [3.8, 4) is 0 Å². The highest BCUT2D eigenvalue weighted by atomic mass is 16.6. The summed E-state index contributed by atoms with van der Waals surface area (Å²) in [6.07, 6.45) is -0.646. The van der Waals surface area contributed by atoms with Gasteiger partial charge in [-0.3, -0.25) is 0 Å². The van der Waals surface area contributed by atoms with Crippen LogP contribution < -0.4 is 0 Å². The Kier molecular flexibility index (Phi) is 5.69. The summed E-state index contributed by atoms with van der Waals surface area (Å²) >= 11 is 0. The van der Waals surface area contributed by atoms with Gasteiger partial charge in [0.2, 0.25) is 0 Å². The van der Waals surface area contributed by atoms with Gasteiger partial charge in [-0.15, -0.1) is 0 Å². The van der Waals surface area contributed by atoms with E-state index in [2.05, 4.69) is 0 Å². The Balaban J connectivity index is 0. The fourth-order valence-corrected chi connectivity index (χ4v) is 0.468. The van der Waals surface area contributed by atoms with Crippen LogP contribution in [-0.2, 0) is 4.74 Å². The first-order valence-electron chi connectivity index (χ1n) is 3.48. The Labute approximate surface area is 68.3 Å². The minimum Gasteiger partial charge on any atom is -0.870 e. The molecule has 0 saturated heterocycles. The van der Waals surface area contributed by atoms with Crippen molar-refractivity contribution in [3.63, 3.8) is 0 Å². The van der Waals surface area contributed by atoms with Crippen LogP contribution in [0.15, 0.2) is 0 Å². The predicted octanol–water partition coefficient (Wildman–Crippen LogP) is 0.217. The number of aliphatic hydroxyl groups is 1. The van der Waals surface area contributed by atoms with E-state index in [4.69, 9.17) is 9.84 Å². The van der Waals surface area contributed by atoms with Crippen molar-refractivity contribution in [1.29, 1.82) is 0 Å². The predicted molar refractivity (Wildman–Crippen MR) is 42.2 cm³/mol. The largest absolute Gasteiger partial charge is 0.870 e.